The molecule has 0 aromatic heterocycles. The van der Waals surface area contributed by atoms with Crippen molar-refractivity contribution in [1.82, 2.24) is 0 Å². The maximum atomic E-state index is 11.5. The molecule has 3 nitrogen and oxygen atoms in total. The highest BCUT2D eigenvalue weighted by atomic mass is 16.5. The van der Waals surface area contributed by atoms with Gasteiger partial charge < -0.3 is 9.47 Å². The van der Waals surface area contributed by atoms with E-state index < -0.39 is 0 Å². The van der Waals surface area contributed by atoms with Crippen LogP contribution in [0.25, 0.3) is 0 Å². The van der Waals surface area contributed by atoms with E-state index in [4.69, 9.17) is 9.47 Å². The summed E-state index contributed by atoms with van der Waals surface area (Å²) in [6.45, 7) is 5.12. The molecule has 0 unspecified atom stereocenters. The molecule has 1 aromatic carbocycles. The number of hydrogen-bond acceptors (Lipinski definition) is 3. The Labute approximate surface area is 172 Å². The molecule has 1 rings (SSSR count). The maximum absolute atomic E-state index is 11.5. The standard InChI is InChI=1S/C25H40O3/c1-3-5-6-7-8-9-10-11-15-19-24(20-16-21-25(26)27-4-2)28-22-23-17-13-12-14-18-23/h12-14,16-18,21,24H,3-11,15,19-20,22H2,1-2H3/b21-16+/t24-/m1/s1. The van der Waals surface area contributed by atoms with Gasteiger partial charge in [0.15, 0.2) is 0 Å². The van der Waals surface area contributed by atoms with E-state index in [1.54, 1.807) is 0 Å². The minimum atomic E-state index is -0.271. The van der Waals surface area contributed by atoms with Gasteiger partial charge in [-0.15, -0.1) is 0 Å². The lowest BCUT2D eigenvalue weighted by Crippen LogP contribution is -2.12. The average Bonchev–Trinajstić information content (AvgIpc) is 2.71. The molecule has 0 aliphatic rings. The van der Waals surface area contributed by atoms with Gasteiger partial charge in [-0.2, -0.15) is 0 Å². The largest absolute Gasteiger partial charge is 0.463 e. The molecule has 158 valence electrons. The minimum absolute atomic E-state index is 0.149. The summed E-state index contributed by atoms with van der Waals surface area (Å²) in [6, 6.07) is 10.3. The third kappa shape index (κ3) is 13.5. The molecule has 3 heteroatoms. The van der Waals surface area contributed by atoms with Gasteiger partial charge >= 0.3 is 5.97 Å². The van der Waals surface area contributed by atoms with Crippen LogP contribution in [-0.2, 0) is 20.9 Å². The van der Waals surface area contributed by atoms with Crippen LogP contribution in [0.3, 0.4) is 0 Å². The van der Waals surface area contributed by atoms with E-state index in [9.17, 15) is 4.79 Å². The highest BCUT2D eigenvalue weighted by molar-refractivity contribution is 5.81. The van der Waals surface area contributed by atoms with Gasteiger partial charge in [0.1, 0.15) is 0 Å². The number of unbranched alkanes of at least 4 members (excludes halogenated alkanes) is 8. The number of carbonyl (C=O) groups excluding carboxylic acids is 1. The summed E-state index contributed by atoms with van der Waals surface area (Å²) >= 11 is 0. The second-order valence-electron chi connectivity index (χ2n) is 7.43. The Balaban J connectivity index is 2.28. The zero-order valence-corrected chi connectivity index (χ0v) is 18.0. The highest BCUT2D eigenvalue weighted by Gasteiger charge is 2.08. The number of ether oxygens (including phenoxy) is 2. The number of carbonyl (C=O) groups is 1. The summed E-state index contributed by atoms with van der Waals surface area (Å²) in [6.07, 6.45) is 17.3. The van der Waals surface area contributed by atoms with Crippen LogP contribution < -0.4 is 0 Å². The first-order valence-corrected chi connectivity index (χ1v) is 11.2. The summed E-state index contributed by atoms with van der Waals surface area (Å²) in [5.41, 5.74) is 1.19. The molecule has 0 spiro atoms. The first-order chi connectivity index (χ1) is 13.8. The molecule has 0 aliphatic carbocycles. The van der Waals surface area contributed by atoms with Crippen LogP contribution in [-0.4, -0.2) is 18.7 Å². The predicted octanol–water partition coefficient (Wildman–Crippen LogP) is 7.00. The molecule has 0 fully saturated rings. The molecule has 0 heterocycles. The summed E-state index contributed by atoms with van der Waals surface area (Å²) in [5.74, 6) is -0.271. The fraction of sp³-hybridized carbons (Fsp3) is 0.640. The fourth-order valence-corrected chi connectivity index (χ4v) is 3.25. The van der Waals surface area contributed by atoms with Crippen LogP contribution in [0.2, 0.25) is 0 Å². The molecule has 0 bridgehead atoms. The van der Waals surface area contributed by atoms with Crippen molar-refractivity contribution < 1.29 is 14.3 Å². The molecular formula is C25H40O3. The Bertz CT molecular complexity index is 510. The molecule has 0 saturated carbocycles. The van der Waals surface area contributed by atoms with Crippen LogP contribution >= 0.6 is 0 Å². The Morgan fingerprint density at radius 1 is 0.929 bits per heavy atom. The number of rotatable bonds is 17. The molecule has 0 amide bonds. The molecule has 0 aliphatic heterocycles. The van der Waals surface area contributed by atoms with Crippen molar-refractivity contribution >= 4 is 5.97 Å². The first kappa shape index (κ1) is 24.4. The van der Waals surface area contributed by atoms with E-state index in [2.05, 4.69) is 19.1 Å². The van der Waals surface area contributed by atoms with E-state index in [1.165, 1.54) is 69.4 Å². The van der Waals surface area contributed by atoms with Crippen molar-refractivity contribution in [3.05, 3.63) is 48.0 Å². The van der Waals surface area contributed by atoms with Crippen LogP contribution in [0.5, 0.6) is 0 Å². The second-order valence-corrected chi connectivity index (χ2v) is 7.43. The molecule has 0 saturated heterocycles. The third-order valence-corrected chi connectivity index (χ3v) is 4.90. The van der Waals surface area contributed by atoms with Gasteiger partial charge in [0, 0.05) is 6.08 Å². The highest BCUT2D eigenvalue weighted by Crippen LogP contribution is 2.16. The second kappa shape index (κ2) is 17.5. The summed E-state index contributed by atoms with van der Waals surface area (Å²) < 4.78 is 11.1. The Kier molecular flexibility index (Phi) is 15.3. The molecule has 1 aromatic rings. The zero-order valence-electron chi connectivity index (χ0n) is 18.0. The van der Waals surface area contributed by atoms with Gasteiger partial charge in [-0.05, 0) is 25.3 Å². The van der Waals surface area contributed by atoms with Crippen molar-refractivity contribution in [2.75, 3.05) is 6.61 Å². The van der Waals surface area contributed by atoms with Crippen molar-refractivity contribution in [2.24, 2.45) is 0 Å². The summed E-state index contributed by atoms with van der Waals surface area (Å²) in [4.78, 5) is 11.5. The molecule has 1 atom stereocenters. The number of benzene rings is 1. The molecule has 0 N–H and O–H groups in total. The molecule has 28 heavy (non-hydrogen) atoms. The van der Waals surface area contributed by atoms with E-state index in [0.717, 1.165) is 12.8 Å². The molecule has 0 radical (unpaired) electrons. The lowest BCUT2D eigenvalue weighted by atomic mass is 10.0. The normalized spacial score (nSPS) is 12.4. The van der Waals surface area contributed by atoms with Crippen LogP contribution in [0.15, 0.2) is 42.5 Å². The van der Waals surface area contributed by atoms with E-state index in [1.807, 2.05) is 31.2 Å². The van der Waals surface area contributed by atoms with E-state index in [-0.39, 0.29) is 12.1 Å². The lowest BCUT2D eigenvalue weighted by molar-refractivity contribution is -0.137. The summed E-state index contributed by atoms with van der Waals surface area (Å²) in [5, 5.41) is 0. The first-order valence-electron chi connectivity index (χ1n) is 11.2. The Hall–Kier alpha value is -1.61. The monoisotopic (exact) mass is 388 g/mol. The van der Waals surface area contributed by atoms with Crippen LogP contribution in [0, 0.1) is 0 Å². The summed E-state index contributed by atoms with van der Waals surface area (Å²) in [7, 11) is 0. The SMILES string of the molecule is CCCCCCCCCCC[C@H](C/C=C/C(=O)OCC)OCc1ccccc1. The van der Waals surface area contributed by atoms with Gasteiger partial charge in [-0.25, -0.2) is 4.79 Å². The fourth-order valence-electron chi connectivity index (χ4n) is 3.25. The van der Waals surface area contributed by atoms with Crippen LogP contribution in [0.4, 0.5) is 0 Å². The van der Waals surface area contributed by atoms with Gasteiger partial charge in [0.2, 0.25) is 0 Å². The van der Waals surface area contributed by atoms with Gasteiger partial charge in [0.05, 0.1) is 19.3 Å². The Morgan fingerprint density at radius 2 is 1.57 bits per heavy atom. The predicted molar refractivity (Wildman–Crippen MR) is 117 cm³/mol. The van der Waals surface area contributed by atoms with Crippen LogP contribution in [0.1, 0.15) is 90.0 Å². The lowest BCUT2D eigenvalue weighted by Gasteiger charge is -2.16. The van der Waals surface area contributed by atoms with Gasteiger partial charge in [-0.1, -0.05) is 101 Å². The van der Waals surface area contributed by atoms with Gasteiger partial charge in [0.25, 0.3) is 0 Å². The van der Waals surface area contributed by atoms with Crippen molar-refractivity contribution in [2.45, 2.75) is 97.2 Å². The zero-order chi connectivity index (χ0) is 20.3. The molecular weight excluding hydrogens is 348 g/mol. The third-order valence-electron chi connectivity index (χ3n) is 4.90. The van der Waals surface area contributed by atoms with Crippen molar-refractivity contribution in [1.29, 1.82) is 0 Å². The Morgan fingerprint density at radius 3 is 2.21 bits per heavy atom. The number of esters is 1. The van der Waals surface area contributed by atoms with Gasteiger partial charge in [-0.3, -0.25) is 0 Å². The average molecular weight is 389 g/mol. The van der Waals surface area contributed by atoms with Crippen molar-refractivity contribution in [3.8, 4) is 0 Å². The maximum Gasteiger partial charge on any atom is 0.330 e. The van der Waals surface area contributed by atoms with Crippen molar-refractivity contribution in [3.63, 3.8) is 0 Å². The van der Waals surface area contributed by atoms with E-state index >= 15 is 0 Å². The number of hydrogen-bond donors (Lipinski definition) is 0. The van der Waals surface area contributed by atoms with E-state index in [0.29, 0.717) is 13.2 Å². The quantitative estimate of drug-likeness (QED) is 0.164. The smallest absolute Gasteiger partial charge is 0.330 e. The minimum Gasteiger partial charge on any atom is -0.463 e. The topological polar surface area (TPSA) is 35.5 Å².